The second-order valence-electron chi connectivity index (χ2n) is 3.54. The van der Waals surface area contributed by atoms with Crippen LogP contribution in [0.3, 0.4) is 0 Å². The summed E-state index contributed by atoms with van der Waals surface area (Å²) >= 11 is 3.17. The van der Waals surface area contributed by atoms with Crippen LogP contribution in [0, 0.1) is 13.8 Å². The number of hydrogen-bond acceptors (Lipinski definition) is 5. The van der Waals surface area contributed by atoms with Gasteiger partial charge in [-0.05, 0) is 32.3 Å². The zero-order valence-corrected chi connectivity index (χ0v) is 11.4. The van der Waals surface area contributed by atoms with E-state index in [0.29, 0.717) is 11.6 Å². The Hall–Kier alpha value is -0.590. The number of aryl methyl sites for hydroxylation is 2. The Labute approximate surface area is 104 Å². The molecule has 0 unspecified atom stereocenters. The van der Waals surface area contributed by atoms with Gasteiger partial charge in [-0.2, -0.15) is 11.8 Å². The van der Waals surface area contributed by atoms with Gasteiger partial charge in [0.2, 0.25) is 5.91 Å². The summed E-state index contributed by atoms with van der Waals surface area (Å²) in [5.41, 5.74) is 6.70. The Morgan fingerprint density at radius 1 is 1.62 bits per heavy atom. The molecule has 0 saturated heterocycles. The average Bonchev–Trinajstić information content (AvgIpc) is 2.54. The van der Waals surface area contributed by atoms with Gasteiger partial charge in [-0.25, -0.2) is 4.98 Å². The zero-order chi connectivity index (χ0) is 12.1. The third-order valence-electron chi connectivity index (χ3n) is 2.23. The molecule has 0 fully saturated rings. The number of nitrogens with one attached hydrogen (secondary N) is 1. The lowest BCUT2D eigenvalue weighted by atomic mass is 10.2. The minimum absolute atomic E-state index is 0.150. The molecule has 0 saturated carbocycles. The van der Waals surface area contributed by atoms with E-state index in [1.54, 1.807) is 11.8 Å². The summed E-state index contributed by atoms with van der Waals surface area (Å²) < 4.78 is 0. The lowest BCUT2D eigenvalue weighted by Gasteiger charge is -2.09. The van der Waals surface area contributed by atoms with Crippen molar-refractivity contribution >= 4 is 34.1 Å². The zero-order valence-electron chi connectivity index (χ0n) is 9.74. The SMILES string of the molecule is CSCC[C@H](N)C(=O)Nc1nc(C)c(C)s1. The van der Waals surface area contributed by atoms with Gasteiger partial charge in [-0.15, -0.1) is 11.3 Å². The Morgan fingerprint density at radius 2 is 2.31 bits per heavy atom. The predicted molar refractivity (Wildman–Crippen MR) is 71.2 cm³/mol. The first kappa shape index (κ1) is 13.5. The highest BCUT2D eigenvalue weighted by atomic mass is 32.2. The fraction of sp³-hybridized carbons (Fsp3) is 0.600. The number of nitrogens with two attached hydrogens (primary N) is 1. The van der Waals surface area contributed by atoms with Crippen LogP contribution in [-0.4, -0.2) is 28.9 Å². The molecule has 0 radical (unpaired) electrons. The monoisotopic (exact) mass is 259 g/mol. The minimum atomic E-state index is -0.447. The topological polar surface area (TPSA) is 68.0 Å². The van der Waals surface area contributed by atoms with Crippen LogP contribution in [0.15, 0.2) is 0 Å². The number of thiazole rings is 1. The lowest BCUT2D eigenvalue weighted by Crippen LogP contribution is -2.36. The quantitative estimate of drug-likeness (QED) is 0.846. The molecule has 1 amide bonds. The van der Waals surface area contributed by atoms with Crippen LogP contribution in [0.1, 0.15) is 17.0 Å². The average molecular weight is 259 g/mol. The Bertz CT molecular complexity index is 345. The number of aromatic nitrogens is 1. The molecule has 0 aromatic carbocycles. The smallest absolute Gasteiger partial charge is 0.243 e. The van der Waals surface area contributed by atoms with Gasteiger partial charge in [0.1, 0.15) is 0 Å². The first-order chi connectivity index (χ1) is 7.54. The van der Waals surface area contributed by atoms with Crippen molar-refractivity contribution in [3.8, 4) is 0 Å². The van der Waals surface area contributed by atoms with Crippen molar-refractivity contribution in [1.29, 1.82) is 0 Å². The van der Waals surface area contributed by atoms with Crippen molar-refractivity contribution in [3.05, 3.63) is 10.6 Å². The van der Waals surface area contributed by atoms with Crippen molar-refractivity contribution in [3.63, 3.8) is 0 Å². The van der Waals surface area contributed by atoms with Crippen LogP contribution in [0.2, 0.25) is 0 Å². The third-order valence-corrected chi connectivity index (χ3v) is 3.86. The van der Waals surface area contributed by atoms with E-state index >= 15 is 0 Å². The maximum atomic E-state index is 11.7. The number of thioether (sulfide) groups is 1. The fourth-order valence-electron chi connectivity index (χ4n) is 1.10. The number of rotatable bonds is 5. The Morgan fingerprint density at radius 3 is 2.81 bits per heavy atom. The summed E-state index contributed by atoms with van der Waals surface area (Å²) in [4.78, 5) is 17.0. The normalized spacial score (nSPS) is 12.5. The second kappa shape index (κ2) is 6.22. The highest BCUT2D eigenvalue weighted by Crippen LogP contribution is 2.21. The molecule has 16 heavy (non-hydrogen) atoms. The van der Waals surface area contributed by atoms with Crippen LogP contribution in [0.4, 0.5) is 5.13 Å². The molecule has 90 valence electrons. The summed E-state index contributed by atoms with van der Waals surface area (Å²) in [5, 5.41) is 3.38. The summed E-state index contributed by atoms with van der Waals surface area (Å²) in [6.45, 7) is 3.91. The highest BCUT2D eigenvalue weighted by molar-refractivity contribution is 7.98. The van der Waals surface area contributed by atoms with Crippen molar-refractivity contribution in [2.24, 2.45) is 5.73 Å². The molecule has 0 spiro atoms. The molecule has 0 aliphatic carbocycles. The number of carbonyl (C=O) groups excluding carboxylic acids is 1. The molecule has 3 N–H and O–H groups in total. The molecule has 0 bridgehead atoms. The van der Waals surface area contributed by atoms with Gasteiger partial charge in [-0.1, -0.05) is 0 Å². The lowest BCUT2D eigenvalue weighted by molar-refractivity contribution is -0.117. The Balaban J connectivity index is 2.50. The molecule has 1 atom stereocenters. The van der Waals surface area contributed by atoms with Gasteiger partial charge in [0.05, 0.1) is 11.7 Å². The van der Waals surface area contributed by atoms with Crippen molar-refractivity contribution in [2.75, 3.05) is 17.3 Å². The van der Waals surface area contributed by atoms with Crippen LogP contribution in [-0.2, 0) is 4.79 Å². The number of carbonyl (C=O) groups is 1. The van der Waals surface area contributed by atoms with Gasteiger partial charge < -0.3 is 11.1 Å². The van der Waals surface area contributed by atoms with Gasteiger partial charge in [0.15, 0.2) is 5.13 Å². The van der Waals surface area contributed by atoms with E-state index < -0.39 is 6.04 Å². The van der Waals surface area contributed by atoms with Crippen LogP contribution < -0.4 is 11.1 Å². The molecule has 1 heterocycles. The molecular weight excluding hydrogens is 242 g/mol. The predicted octanol–water partition coefficient (Wildman–Crippen LogP) is 1.78. The number of anilines is 1. The largest absolute Gasteiger partial charge is 0.320 e. The molecule has 6 heteroatoms. The number of nitrogens with zero attached hydrogens (tertiary/aromatic N) is 1. The molecule has 4 nitrogen and oxygen atoms in total. The van der Waals surface area contributed by atoms with Crippen molar-refractivity contribution in [1.82, 2.24) is 4.98 Å². The minimum Gasteiger partial charge on any atom is -0.320 e. The maximum absolute atomic E-state index is 11.7. The van der Waals surface area contributed by atoms with Gasteiger partial charge >= 0.3 is 0 Å². The highest BCUT2D eigenvalue weighted by Gasteiger charge is 2.14. The second-order valence-corrected chi connectivity index (χ2v) is 5.73. The van der Waals surface area contributed by atoms with Gasteiger partial charge in [-0.3, -0.25) is 4.79 Å². The molecular formula is C10H17N3OS2. The molecule has 1 rings (SSSR count). The molecule has 1 aromatic rings. The summed E-state index contributed by atoms with van der Waals surface area (Å²) in [6, 6.07) is -0.447. The standard InChI is InChI=1S/C10H17N3OS2/c1-6-7(2)16-10(12-6)13-9(14)8(11)4-5-15-3/h8H,4-5,11H2,1-3H3,(H,12,13,14)/t8-/m0/s1. The van der Waals surface area contributed by atoms with E-state index in [1.807, 2.05) is 20.1 Å². The van der Waals surface area contributed by atoms with E-state index in [0.717, 1.165) is 16.3 Å². The first-order valence-corrected chi connectivity index (χ1v) is 7.25. The van der Waals surface area contributed by atoms with E-state index in [9.17, 15) is 4.79 Å². The Kier molecular flexibility index (Phi) is 5.24. The molecule has 1 aromatic heterocycles. The van der Waals surface area contributed by atoms with Crippen molar-refractivity contribution < 1.29 is 4.79 Å². The maximum Gasteiger partial charge on any atom is 0.243 e. The van der Waals surface area contributed by atoms with Crippen LogP contribution in [0.5, 0.6) is 0 Å². The van der Waals surface area contributed by atoms with Crippen molar-refractivity contribution in [2.45, 2.75) is 26.3 Å². The van der Waals surface area contributed by atoms with E-state index in [2.05, 4.69) is 10.3 Å². The number of hydrogen-bond donors (Lipinski definition) is 2. The summed E-state index contributed by atoms with van der Waals surface area (Å²) in [5.74, 6) is 0.743. The van der Waals surface area contributed by atoms with Gasteiger partial charge in [0.25, 0.3) is 0 Å². The van der Waals surface area contributed by atoms with E-state index in [4.69, 9.17) is 5.73 Å². The van der Waals surface area contributed by atoms with Crippen LogP contribution >= 0.6 is 23.1 Å². The summed E-state index contributed by atoms with van der Waals surface area (Å²) in [7, 11) is 0. The molecule has 0 aliphatic heterocycles. The third kappa shape index (κ3) is 3.77. The van der Waals surface area contributed by atoms with E-state index in [-0.39, 0.29) is 5.91 Å². The van der Waals surface area contributed by atoms with E-state index in [1.165, 1.54) is 11.3 Å². The molecule has 0 aliphatic rings. The van der Waals surface area contributed by atoms with Crippen LogP contribution in [0.25, 0.3) is 0 Å². The summed E-state index contributed by atoms with van der Waals surface area (Å²) in [6.07, 6.45) is 2.69. The van der Waals surface area contributed by atoms with Gasteiger partial charge in [0, 0.05) is 4.88 Å². The first-order valence-electron chi connectivity index (χ1n) is 5.04. The fourth-order valence-corrected chi connectivity index (χ4v) is 2.41. The number of amides is 1.